The fourth-order valence-corrected chi connectivity index (χ4v) is 5.59. The zero-order valence-corrected chi connectivity index (χ0v) is 21.7. The highest BCUT2D eigenvalue weighted by atomic mass is 19.4. The van der Waals surface area contributed by atoms with Crippen molar-refractivity contribution in [2.45, 2.75) is 69.6 Å². The molecule has 3 heterocycles. The number of fused-ring (bicyclic) bond motifs is 1. The molecule has 3 atom stereocenters. The molecule has 2 aromatic carbocycles. The molecule has 40 heavy (non-hydrogen) atoms. The summed E-state index contributed by atoms with van der Waals surface area (Å²) in [6.45, 7) is 3.69. The minimum atomic E-state index is -4.96. The van der Waals surface area contributed by atoms with E-state index in [0.29, 0.717) is 30.4 Å². The second kappa shape index (κ2) is 11.1. The molecule has 5 nitrogen and oxygen atoms in total. The predicted octanol–water partition coefficient (Wildman–Crippen LogP) is 6.48. The third-order valence-corrected chi connectivity index (χ3v) is 7.80. The molecule has 1 aromatic heterocycles. The minimum absolute atomic E-state index is 0.102. The highest BCUT2D eigenvalue weighted by molar-refractivity contribution is 5.35. The van der Waals surface area contributed by atoms with Crippen LogP contribution in [0.1, 0.15) is 65.7 Å². The van der Waals surface area contributed by atoms with Crippen LogP contribution in [0.2, 0.25) is 0 Å². The summed E-state index contributed by atoms with van der Waals surface area (Å²) < 4.78 is 103. The lowest BCUT2D eigenvalue weighted by Gasteiger charge is -2.35. The van der Waals surface area contributed by atoms with Crippen molar-refractivity contribution >= 4 is 0 Å². The van der Waals surface area contributed by atoms with Gasteiger partial charge in [-0.2, -0.15) is 26.3 Å². The van der Waals surface area contributed by atoms with Gasteiger partial charge < -0.3 is 14.6 Å². The molecule has 1 N–H and O–H groups in total. The van der Waals surface area contributed by atoms with Crippen LogP contribution in [0.15, 0.2) is 42.5 Å². The third-order valence-electron chi connectivity index (χ3n) is 7.80. The zero-order chi connectivity index (χ0) is 28.7. The topological polar surface area (TPSA) is 52.0 Å². The molecule has 1 saturated heterocycles. The van der Waals surface area contributed by atoms with Gasteiger partial charge in [0.15, 0.2) is 0 Å². The van der Waals surface area contributed by atoms with Gasteiger partial charge in [-0.1, -0.05) is 12.1 Å². The zero-order valence-electron chi connectivity index (χ0n) is 21.7. The Labute approximate surface area is 226 Å². The number of rotatable bonds is 6. The summed E-state index contributed by atoms with van der Waals surface area (Å²) >= 11 is 0. The summed E-state index contributed by atoms with van der Waals surface area (Å²) in [5.74, 6) is 1.14. The third kappa shape index (κ3) is 6.33. The van der Waals surface area contributed by atoms with Crippen LogP contribution in [-0.2, 0) is 36.5 Å². The Bertz CT molecular complexity index is 1280. The van der Waals surface area contributed by atoms with E-state index in [0.717, 1.165) is 43.7 Å². The maximum atomic E-state index is 13.7. The second-order valence-corrected chi connectivity index (χ2v) is 10.6. The molecule has 1 fully saturated rings. The molecule has 0 bridgehead atoms. The van der Waals surface area contributed by atoms with Gasteiger partial charge >= 0.3 is 12.4 Å². The van der Waals surface area contributed by atoms with E-state index in [1.807, 2.05) is 4.57 Å². The standard InChI is InChI=1S/C28H29F7N4O/c1-16(19-11-20(27(30,31)32)13-21(12-19)28(33,34)35)40-24-14-26-38-37-25(10-17-6-8-36-9-7-17)39(26)15-23(24)18-2-4-22(29)5-3-18/h2-5,11-13,16-17,23-24,36H,6-10,14-15H2,1H3/t16-,23-,24+/m1/s1. The van der Waals surface area contributed by atoms with Crippen LogP contribution in [0.4, 0.5) is 30.7 Å². The number of hydrogen-bond donors (Lipinski definition) is 1. The first-order valence-electron chi connectivity index (χ1n) is 13.2. The molecule has 3 aromatic rings. The van der Waals surface area contributed by atoms with E-state index in [2.05, 4.69) is 15.5 Å². The summed E-state index contributed by atoms with van der Waals surface area (Å²) in [7, 11) is 0. The second-order valence-electron chi connectivity index (χ2n) is 10.6. The summed E-state index contributed by atoms with van der Waals surface area (Å²) in [6, 6.07) is 7.35. The fraction of sp³-hybridized carbons (Fsp3) is 0.500. The maximum Gasteiger partial charge on any atom is 0.416 e. The molecule has 0 unspecified atom stereocenters. The van der Waals surface area contributed by atoms with Crippen molar-refractivity contribution in [1.29, 1.82) is 0 Å². The lowest BCUT2D eigenvalue weighted by Crippen LogP contribution is -2.36. The van der Waals surface area contributed by atoms with E-state index < -0.39 is 41.5 Å². The van der Waals surface area contributed by atoms with Crippen LogP contribution >= 0.6 is 0 Å². The van der Waals surface area contributed by atoms with Crippen molar-refractivity contribution in [3.8, 4) is 0 Å². The Balaban J connectivity index is 1.45. The highest BCUT2D eigenvalue weighted by Gasteiger charge is 2.39. The average molecular weight is 571 g/mol. The van der Waals surface area contributed by atoms with Gasteiger partial charge in [-0.3, -0.25) is 0 Å². The van der Waals surface area contributed by atoms with Gasteiger partial charge in [0.2, 0.25) is 0 Å². The fourth-order valence-electron chi connectivity index (χ4n) is 5.59. The molecule has 5 rings (SSSR count). The van der Waals surface area contributed by atoms with Gasteiger partial charge in [0.05, 0.1) is 23.3 Å². The number of alkyl halides is 6. The number of nitrogens with zero attached hydrogens (tertiary/aromatic N) is 3. The molecule has 0 saturated carbocycles. The molecule has 0 aliphatic carbocycles. The maximum absolute atomic E-state index is 13.7. The van der Waals surface area contributed by atoms with E-state index in [-0.39, 0.29) is 24.0 Å². The lowest BCUT2D eigenvalue weighted by molar-refractivity contribution is -0.143. The Kier molecular flexibility index (Phi) is 7.93. The van der Waals surface area contributed by atoms with Gasteiger partial charge in [-0.25, -0.2) is 4.39 Å². The number of piperidine rings is 1. The van der Waals surface area contributed by atoms with Crippen LogP contribution in [0, 0.1) is 11.7 Å². The number of halogens is 7. The summed E-state index contributed by atoms with van der Waals surface area (Å²) in [4.78, 5) is 0. The first-order valence-corrected chi connectivity index (χ1v) is 13.2. The van der Waals surface area contributed by atoms with Gasteiger partial charge in [0.25, 0.3) is 0 Å². The number of nitrogens with one attached hydrogen (secondary N) is 1. The van der Waals surface area contributed by atoms with Crippen LogP contribution in [-0.4, -0.2) is 34.0 Å². The van der Waals surface area contributed by atoms with Crippen LogP contribution in [0.5, 0.6) is 0 Å². The summed E-state index contributed by atoms with van der Waals surface area (Å²) in [6.07, 6.45) is -8.63. The molecule has 2 aliphatic heterocycles. The first-order chi connectivity index (χ1) is 18.9. The minimum Gasteiger partial charge on any atom is -0.369 e. The number of benzene rings is 2. The van der Waals surface area contributed by atoms with Crippen molar-refractivity contribution < 1.29 is 35.5 Å². The quantitative estimate of drug-likeness (QED) is 0.345. The predicted molar refractivity (Wildman–Crippen MR) is 132 cm³/mol. The van der Waals surface area contributed by atoms with E-state index in [1.165, 1.54) is 19.1 Å². The van der Waals surface area contributed by atoms with Crippen molar-refractivity contribution in [2.75, 3.05) is 13.1 Å². The van der Waals surface area contributed by atoms with Crippen molar-refractivity contribution in [1.82, 2.24) is 20.1 Å². The first kappa shape index (κ1) is 28.5. The lowest BCUT2D eigenvalue weighted by atomic mass is 9.87. The van der Waals surface area contributed by atoms with E-state index in [4.69, 9.17) is 4.74 Å². The summed E-state index contributed by atoms with van der Waals surface area (Å²) in [5, 5.41) is 12.1. The SMILES string of the molecule is C[C@@H](O[C@H]1Cc2nnc(CC3CCNCC3)n2C[C@@H]1c1ccc(F)cc1)c1cc(C(F)(F)F)cc(C(F)(F)F)c1. The van der Waals surface area contributed by atoms with E-state index in [1.54, 1.807) is 12.1 Å². The Morgan fingerprint density at radius 2 is 1.57 bits per heavy atom. The number of ether oxygens (including phenoxy) is 1. The molecule has 0 radical (unpaired) electrons. The molecule has 2 aliphatic rings. The normalized spacial score (nSPS) is 21.3. The van der Waals surface area contributed by atoms with Gasteiger partial charge in [-0.15, -0.1) is 10.2 Å². The monoisotopic (exact) mass is 570 g/mol. The smallest absolute Gasteiger partial charge is 0.369 e. The van der Waals surface area contributed by atoms with Crippen molar-refractivity contribution in [3.63, 3.8) is 0 Å². The van der Waals surface area contributed by atoms with Crippen molar-refractivity contribution in [3.05, 3.63) is 82.2 Å². The van der Waals surface area contributed by atoms with Crippen LogP contribution < -0.4 is 5.32 Å². The Hall–Kier alpha value is -2.99. The molecule has 0 spiro atoms. The summed E-state index contributed by atoms with van der Waals surface area (Å²) in [5.41, 5.74) is -2.29. The molecule has 0 amide bonds. The molecular formula is C28H29F7N4O. The van der Waals surface area contributed by atoms with Crippen molar-refractivity contribution in [2.24, 2.45) is 5.92 Å². The highest BCUT2D eigenvalue weighted by Crippen LogP contribution is 2.40. The van der Waals surface area contributed by atoms with E-state index in [9.17, 15) is 30.7 Å². The molecule has 12 heteroatoms. The number of aromatic nitrogens is 3. The van der Waals surface area contributed by atoms with Gasteiger partial charge in [-0.05, 0) is 80.2 Å². The van der Waals surface area contributed by atoms with Gasteiger partial charge in [0.1, 0.15) is 17.5 Å². The Morgan fingerprint density at radius 1 is 0.950 bits per heavy atom. The van der Waals surface area contributed by atoms with Crippen LogP contribution in [0.25, 0.3) is 0 Å². The molecular weight excluding hydrogens is 541 g/mol. The van der Waals surface area contributed by atoms with Crippen LogP contribution in [0.3, 0.4) is 0 Å². The van der Waals surface area contributed by atoms with E-state index >= 15 is 0 Å². The molecule has 216 valence electrons. The number of hydrogen-bond acceptors (Lipinski definition) is 4. The largest absolute Gasteiger partial charge is 0.416 e. The Morgan fingerprint density at radius 3 is 2.17 bits per heavy atom. The van der Waals surface area contributed by atoms with Gasteiger partial charge in [0, 0.05) is 25.3 Å². The average Bonchev–Trinajstić information content (AvgIpc) is 3.29.